The summed E-state index contributed by atoms with van der Waals surface area (Å²) in [4.78, 5) is 27.4. The van der Waals surface area contributed by atoms with Gasteiger partial charge in [-0.2, -0.15) is 5.10 Å². The van der Waals surface area contributed by atoms with Crippen molar-refractivity contribution in [1.82, 2.24) is 4.90 Å². The Kier molecular flexibility index (Phi) is 5.16. The number of hydrogen-bond acceptors (Lipinski definition) is 6. The van der Waals surface area contributed by atoms with Gasteiger partial charge in [0.05, 0.1) is 10.6 Å². The minimum atomic E-state index is -0.387. The zero-order valence-electron chi connectivity index (χ0n) is 16.3. The number of amides is 1. The van der Waals surface area contributed by atoms with E-state index in [4.69, 9.17) is 0 Å². The minimum absolute atomic E-state index is 0.0105. The van der Waals surface area contributed by atoms with Gasteiger partial charge < -0.3 is 9.80 Å². The Morgan fingerprint density at radius 1 is 1.00 bits per heavy atom. The second kappa shape index (κ2) is 7.90. The van der Waals surface area contributed by atoms with Crippen molar-refractivity contribution >= 4 is 28.7 Å². The van der Waals surface area contributed by atoms with Crippen molar-refractivity contribution in [3.63, 3.8) is 0 Å². The van der Waals surface area contributed by atoms with Crippen LogP contribution in [0.2, 0.25) is 0 Å². The molecule has 2 heterocycles. The third kappa shape index (κ3) is 4.06. The van der Waals surface area contributed by atoms with E-state index in [1.807, 2.05) is 47.2 Å². The fourth-order valence-corrected chi connectivity index (χ4v) is 3.69. The molecule has 0 atom stereocenters. The van der Waals surface area contributed by atoms with E-state index in [1.165, 1.54) is 6.07 Å². The normalized spacial score (nSPS) is 16.7. The first-order valence-electron chi connectivity index (χ1n) is 9.71. The number of piperazine rings is 1. The Balaban J connectivity index is 1.38. The lowest BCUT2D eigenvalue weighted by molar-refractivity contribution is -0.384. The SMILES string of the molecule is CC1=NN(c2ccc(C(=O)N3CCN(c4cccc([N+](=O)[O-])c4)CC3)cc2)CC1. The van der Waals surface area contributed by atoms with E-state index < -0.39 is 0 Å². The molecule has 0 bridgehead atoms. The van der Waals surface area contributed by atoms with Crippen LogP contribution in [0.1, 0.15) is 23.7 Å². The van der Waals surface area contributed by atoms with E-state index >= 15 is 0 Å². The van der Waals surface area contributed by atoms with Crippen LogP contribution in [0.3, 0.4) is 0 Å². The average Bonchev–Trinajstić information content (AvgIpc) is 3.20. The number of anilines is 2. The van der Waals surface area contributed by atoms with Gasteiger partial charge in [-0.3, -0.25) is 19.9 Å². The number of hydrogen-bond donors (Lipinski definition) is 0. The van der Waals surface area contributed by atoms with Crippen molar-refractivity contribution in [2.75, 3.05) is 42.6 Å². The maximum absolute atomic E-state index is 12.8. The number of nitro groups is 1. The molecule has 2 aliphatic rings. The van der Waals surface area contributed by atoms with Gasteiger partial charge in [-0.15, -0.1) is 0 Å². The Morgan fingerprint density at radius 3 is 2.34 bits per heavy atom. The van der Waals surface area contributed by atoms with E-state index in [1.54, 1.807) is 12.1 Å². The summed E-state index contributed by atoms with van der Waals surface area (Å²) in [6.45, 7) is 5.35. The highest BCUT2D eigenvalue weighted by Gasteiger charge is 2.23. The van der Waals surface area contributed by atoms with Gasteiger partial charge in [0, 0.05) is 68.2 Å². The fraction of sp³-hybridized carbons (Fsp3) is 0.333. The number of nitro benzene ring substituents is 1. The maximum atomic E-state index is 12.8. The van der Waals surface area contributed by atoms with E-state index in [9.17, 15) is 14.9 Å². The smallest absolute Gasteiger partial charge is 0.271 e. The second-order valence-corrected chi connectivity index (χ2v) is 7.31. The van der Waals surface area contributed by atoms with Crippen LogP contribution in [0, 0.1) is 10.1 Å². The third-order valence-corrected chi connectivity index (χ3v) is 5.36. The van der Waals surface area contributed by atoms with Gasteiger partial charge in [-0.25, -0.2) is 0 Å². The van der Waals surface area contributed by atoms with E-state index in [2.05, 4.69) is 10.0 Å². The third-order valence-electron chi connectivity index (χ3n) is 5.36. The molecule has 150 valence electrons. The topological polar surface area (TPSA) is 82.3 Å². The van der Waals surface area contributed by atoms with Crippen LogP contribution in [-0.2, 0) is 0 Å². The molecule has 0 spiro atoms. The fourth-order valence-electron chi connectivity index (χ4n) is 3.69. The lowest BCUT2D eigenvalue weighted by Gasteiger charge is -2.36. The van der Waals surface area contributed by atoms with Gasteiger partial charge in [-0.05, 0) is 37.3 Å². The highest BCUT2D eigenvalue weighted by molar-refractivity contribution is 5.95. The van der Waals surface area contributed by atoms with Gasteiger partial charge >= 0.3 is 0 Å². The van der Waals surface area contributed by atoms with Gasteiger partial charge in [0.15, 0.2) is 0 Å². The van der Waals surface area contributed by atoms with E-state index in [0.717, 1.165) is 30.1 Å². The summed E-state index contributed by atoms with van der Waals surface area (Å²) in [6, 6.07) is 14.2. The monoisotopic (exact) mass is 393 g/mol. The van der Waals surface area contributed by atoms with Crippen LogP contribution in [0.4, 0.5) is 17.1 Å². The van der Waals surface area contributed by atoms with Crippen LogP contribution < -0.4 is 9.91 Å². The molecule has 1 fully saturated rings. The molecule has 0 unspecified atom stereocenters. The standard InChI is InChI=1S/C21H23N5O3/c1-16-9-10-25(22-16)18-7-5-17(6-8-18)21(27)24-13-11-23(12-14-24)19-3-2-4-20(15-19)26(28)29/h2-8,15H,9-14H2,1H3. The first-order valence-corrected chi connectivity index (χ1v) is 9.71. The summed E-state index contributed by atoms with van der Waals surface area (Å²) >= 11 is 0. The summed E-state index contributed by atoms with van der Waals surface area (Å²) in [5, 5.41) is 17.4. The van der Waals surface area contributed by atoms with Crippen molar-refractivity contribution in [2.45, 2.75) is 13.3 Å². The van der Waals surface area contributed by atoms with Crippen molar-refractivity contribution < 1.29 is 9.72 Å². The highest BCUT2D eigenvalue weighted by Crippen LogP contribution is 2.24. The summed E-state index contributed by atoms with van der Waals surface area (Å²) in [5.74, 6) is 0.0105. The van der Waals surface area contributed by atoms with Gasteiger partial charge in [0.2, 0.25) is 0 Å². The van der Waals surface area contributed by atoms with Crippen LogP contribution in [0.25, 0.3) is 0 Å². The molecule has 0 N–H and O–H groups in total. The lowest BCUT2D eigenvalue weighted by Crippen LogP contribution is -2.48. The number of benzene rings is 2. The number of non-ortho nitro benzene ring substituents is 1. The molecule has 2 aromatic rings. The molecule has 2 aliphatic heterocycles. The first kappa shape index (κ1) is 18.9. The van der Waals surface area contributed by atoms with Crippen LogP contribution >= 0.6 is 0 Å². The van der Waals surface area contributed by atoms with E-state index in [0.29, 0.717) is 31.7 Å². The predicted molar refractivity (Wildman–Crippen MR) is 113 cm³/mol. The molecule has 8 heteroatoms. The van der Waals surface area contributed by atoms with Crippen molar-refractivity contribution in [1.29, 1.82) is 0 Å². The molecule has 8 nitrogen and oxygen atoms in total. The van der Waals surface area contributed by atoms with Crippen LogP contribution in [0.5, 0.6) is 0 Å². The summed E-state index contributed by atoms with van der Waals surface area (Å²) < 4.78 is 0. The van der Waals surface area contributed by atoms with Gasteiger partial charge in [0.1, 0.15) is 0 Å². The highest BCUT2D eigenvalue weighted by atomic mass is 16.6. The lowest BCUT2D eigenvalue weighted by atomic mass is 10.1. The molecule has 29 heavy (non-hydrogen) atoms. The first-order chi connectivity index (χ1) is 14.0. The molecule has 2 aromatic carbocycles. The van der Waals surface area contributed by atoms with Gasteiger partial charge in [0.25, 0.3) is 11.6 Å². The number of hydrazone groups is 1. The van der Waals surface area contributed by atoms with Crippen LogP contribution in [-0.4, -0.2) is 54.2 Å². The van der Waals surface area contributed by atoms with Crippen molar-refractivity contribution in [3.05, 3.63) is 64.2 Å². The molecule has 0 saturated carbocycles. The average molecular weight is 393 g/mol. The number of carbonyl (C=O) groups is 1. The molecular formula is C21H23N5O3. The Hall–Kier alpha value is -3.42. The summed E-state index contributed by atoms with van der Waals surface area (Å²) in [6.07, 6.45) is 0.968. The molecule has 4 rings (SSSR count). The molecule has 0 aromatic heterocycles. The molecule has 0 aliphatic carbocycles. The zero-order chi connectivity index (χ0) is 20.4. The van der Waals surface area contributed by atoms with Crippen molar-refractivity contribution in [2.24, 2.45) is 5.10 Å². The van der Waals surface area contributed by atoms with Crippen LogP contribution in [0.15, 0.2) is 53.6 Å². The minimum Gasteiger partial charge on any atom is -0.368 e. The van der Waals surface area contributed by atoms with Gasteiger partial charge in [-0.1, -0.05) is 6.07 Å². The van der Waals surface area contributed by atoms with E-state index in [-0.39, 0.29) is 16.5 Å². The number of nitrogens with zero attached hydrogens (tertiary/aromatic N) is 5. The molecular weight excluding hydrogens is 370 g/mol. The summed E-state index contributed by atoms with van der Waals surface area (Å²) in [7, 11) is 0. The Labute approximate surface area is 169 Å². The Morgan fingerprint density at radius 2 is 1.72 bits per heavy atom. The predicted octanol–water partition coefficient (Wildman–Crippen LogP) is 3.14. The summed E-state index contributed by atoms with van der Waals surface area (Å²) in [5.41, 5.74) is 3.67. The zero-order valence-corrected chi connectivity index (χ0v) is 16.3. The van der Waals surface area contributed by atoms with Crippen molar-refractivity contribution in [3.8, 4) is 0 Å². The quantitative estimate of drug-likeness (QED) is 0.589. The molecule has 1 amide bonds. The maximum Gasteiger partial charge on any atom is 0.271 e. The number of rotatable bonds is 4. The largest absolute Gasteiger partial charge is 0.368 e. The second-order valence-electron chi connectivity index (χ2n) is 7.31. The Bertz CT molecular complexity index is 949. The number of carbonyl (C=O) groups excluding carboxylic acids is 1. The molecule has 1 saturated heterocycles. The molecule has 0 radical (unpaired) electrons.